The zero-order chi connectivity index (χ0) is 14.6. The summed E-state index contributed by atoms with van der Waals surface area (Å²) in [5.41, 5.74) is -0.472. The number of nitrogens with zero attached hydrogens (tertiary/aromatic N) is 2. The van der Waals surface area contributed by atoms with E-state index in [1.165, 1.54) is 18.2 Å². The van der Waals surface area contributed by atoms with Crippen LogP contribution in [0.5, 0.6) is 0 Å². The number of anilines is 1. The molecule has 106 valence electrons. The van der Waals surface area contributed by atoms with Crippen LogP contribution in [0.25, 0.3) is 0 Å². The van der Waals surface area contributed by atoms with Gasteiger partial charge in [-0.05, 0) is 12.1 Å². The lowest BCUT2D eigenvalue weighted by Crippen LogP contribution is -2.42. The number of nitriles is 1. The lowest BCUT2D eigenvalue weighted by molar-refractivity contribution is -0.384. The van der Waals surface area contributed by atoms with Gasteiger partial charge in [-0.25, -0.2) is 0 Å². The normalized spacial score (nSPS) is 17.2. The highest BCUT2D eigenvalue weighted by Crippen LogP contribution is 2.27. The van der Waals surface area contributed by atoms with Crippen LogP contribution < -0.4 is 5.32 Å². The van der Waals surface area contributed by atoms with Crippen LogP contribution in [0.3, 0.4) is 0 Å². The summed E-state index contributed by atoms with van der Waals surface area (Å²) >= 11 is 0. The minimum atomic E-state index is -0.936. The van der Waals surface area contributed by atoms with Gasteiger partial charge in [-0.1, -0.05) is 0 Å². The Bertz CT molecular complexity index is 547. The maximum Gasteiger partial charge on any atom is 0.292 e. The van der Waals surface area contributed by atoms with Crippen molar-refractivity contribution in [2.24, 2.45) is 0 Å². The largest absolute Gasteiger partial charge is 0.388 e. The van der Waals surface area contributed by atoms with Crippen LogP contribution in [-0.4, -0.2) is 35.4 Å². The topological polar surface area (TPSA) is 108 Å². The maximum atomic E-state index is 11.0. The molecule has 1 heterocycles. The van der Waals surface area contributed by atoms with Crippen LogP contribution >= 0.6 is 0 Å². The van der Waals surface area contributed by atoms with Gasteiger partial charge in [-0.3, -0.25) is 10.1 Å². The molecule has 0 amide bonds. The third-order valence-electron chi connectivity index (χ3n) is 3.35. The van der Waals surface area contributed by atoms with Gasteiger partial charge in [0.2, 0.25) is 0 Å². The van der Waals surface area contributed by atoms with E-state index >= 15 is 0 Å². The van der Waals surface area contributed by atoms with Crippen LogP contribution in [0, 0.1) is 21.4 Å². The molecule has 0 bridgehead atoms. The van der Waals surface area contributed by atoms with Crippen molar-refractivity contribution in [3.05, 3.63) is 33.9 Å². The van der Waals surface area contributed by atoms with Gasteiger partial charge in [0.15, 0.2) is 0 Å². The van der Waals surface area contributed by atoms with E-state index in [9.17, 15) is 15.2 Å². The van der Waals surface area contributed by atoms with Gasteiger partial charge in [0.1, 0.15) is 5.69 Å². The third-order valence-corrected chi connectivity index (χ3v) is 3.35. The third kappa shape index (κ3) is 3.23. The molecule has 0 unspecified atom stereocenters. The van der Waals surface area contributed by atoms with E-state index in [0.717, 1.165) is 0 Å². The quantitative estimate of drug-likeness (QED) is 0.636. The molecule has 7 nitrogen and oxygen atoms in total. The van der Waals surface area contributed by atoms with Gasteiger partial charge in [-0.2, -0.15) is 5.26 Å². The molecule has 7 heteroatoms. The smallest absolute Gasteiger partial charge is 0.292 e. The number of nitro benzene ring substituents is 1. The summed E-state index contributed by atoms with van der Waals surface area (Å²) in [4.78, 5) is 10.4. The molecule has 0 aliphatic carbocycles. The molecule has 0 saturated carbocycles. The van der Waals surface area contributed by atoms with Crippen molar-refractivity contribution in [3.63, 3.8) is 0 Å². The Morgan fingerprint density at radius 3 is 2.80 bits per heavy atom. The number of ether oxygens (including phenoxy) is 1. The average molecular weight is 277 g/mol. The van der Waals surface area contributed by atoms with E-state index in [1.54, 1.807) is 0 Å². The SMILES string of the molecule is N#Cc1ccc([N+](=O)[O-])c(NCC2(O)CCOCC2)c1. The fourth-order valence-electron chi connectivity index (χ4n) is 2.09. The van der Waals surface area contributed by atoms with Gasteiger partial charge in [0.05, 0.1) is 22.2 Å². The predicted molar refractivity (Wildman–Crippen MR) is 71.3 cm³/mol. The van der Waals surface area contributed by atoms with Crippen LogP contribution in [0.2, 0.25) is 0 Å². The Morgan fingerprint density at radius 1 is 1.50 bits per heavy atom. The molecule has 2 N–H and O–H groups in total. The van der Waals surface area contributed by atoms with Crippen molar-refractivity contribution >= 4 is 11.4 Å². The van der Waals surface area contributed by atoms with Crippen molar-refractivity contribution in [2.75, 3.05) is 25.1 Å². The molecule has 0 spiro atoms. The number of hydrogen-bond donors (Lipinski definition) is 2. The van der Waals surface area contributed by atoms with Gasteiger partial charge >= 0.3 is 0 Å². The first-order valence-electron chi connectivity index (χ1n) is 6.27. The number of nitrogens with one attached hydrogen (secondary N) is 1. The van der Waals surface area contributed by atoms with E-state index in [2.05, 4.69) is 5.32 Å². The van der Waals surface area contributed by atoms with Crippen LogP contribution in [0.15, 0.2) is 18.2 Å². The zero-order valence-corrected chi connectivity index (χ0v) is 10.8. The number of benzene rings is 1. The Morgan fingerprint density at radius 2 is 2.20 bits per heavy atom. The highest BCUT2D eigenvalue weighted by atomic mass is 16.6. The van der Waals surface area contributed by atoms with Crippen molar-refractivity contribution in [2.45, 2.75) is 18.4 Å². The Kier molecular flexibility index (Phi) is 4.17. The molecule has 1 aliphatic heterocycles. The minimum absolute atomic E-state index is 0.111. The molecule has 1 aromatic carbocycles. The molecule has 1 aromatic rings. The molecule has 1 fully saturated rings. The summed E-state index contributed by atoms with van der Waals surface area (Å²) in [7, 11) is 0. The van der Waals surface area contributed by atoms with Gasteiger partial charge in [-0.15, -0.1) is 0 Å². The number of hydrogen-bond acceptors (Lipinski definition) is 6. The molecule has 1 aliphatic rings. The summed E-state index contributed by atoms with van der Waals surface area (Å²) in [6, 6.07) is 6.04. The molecule has 0 atom stereocenters. The molecule has 1 saturated heterocycles. The summed E-state index contributed by atoms with van der Waals surface area (Å²) in [5, 5.41) is 33.0. The predicted octanol–water partition coefficient (Wildman–Crippen LogP) is 1.42. The first-order valence-corrected chi connectivity index (χ1v) is 6.27. The maximum absolute atomic E-state index is 11.0. The highest BCUT2D eigenvalue weighted by Gasteiger charge is 2.30. The number of nitro groups is 1. The van der Waals surface area contributed by atoms with Gasteiger partial charge < -0.3 is 15.2 Å². The fraction of sp³-hybridized carbons (Fsp3) is 0.462. The van der Waals surface area contributed by atoms with E-state index in [4.69, 9.17) is 10.00 Å². The standard InChI is InChI=1S/C13H15N3O4/c14-8-10-1-2-12(16(18)19)11(7-10)15-9-13(17)3-5-20-6-4-13/h1-2,7,15,17H,3-6,9H2. The Balaban J connectivity index is 2.15. The molecule has 0 radical (unpaired) electrons. The molecular formula is C13H15N3O4. The van der Waals surface area contributed by atoms with Crippen molar-refractivity contribution in [3.8, 4) is 6.07 Å². The average Bonchev–Trinajstić information content (AvgIpc) is 2.45. The van der Waals surface area contributed by atoms with Crippen LogP contribution in [0.1, 0.15) is 18.4 Å². The lowest BCUT2D eigenvalue weighted by atomic mass is 9.94. The summed E-state index contributed by atoms with van der Waals surface area (Å²) in [6.07, 6.45) is 0.956. The minimum Gasteiger partial charge on any atom is -0.388 e. The molecule has 2 rings (SSSR count). The van der Waals surface area contributed by atoms with Crippen molar-refractivity contribution in [1.82, 2.24) is 0 Å². The molecular weight excluding hydrogens is 262 g/mol. The first-order chi connectivity index (χ1) is 9.54. The second-order valence-corrected chi connectivity index (χ2v) is 4.79. The Hall–Kier alpha value is -2.17. The van der Waals surface area contributed by atoms with E-state index in [0.29, 0.717) is 31.6 Å². The summed E-state index contributed by atoms with van der Waals surface area (Å²) in [5.74, 6) is 0. The Labute approximate surface area is 115 Å². The second-order valence-electron chi connectivity index (χ2n) is 4.79. The number of rotatable bonds is 4. The van der Waals surface area contributed by atoms with Crippen LogP contribution in [-0.2, 0) is 4.74 Å². The monoisotopic (exact) mass is 277 g/mol. The summed E-state index contributed by atoms with van der Waals surface area (Å²) < 4.78 is 5.18. The molecule has 20 heavy (non-hydrogen) atoms. The molecule has 0 aromatic heterocycles. The lowest BCUT2D eigenvalue weighted by Gasteiger charge is -2.32. The van der Waals surface area contributed by atoms with E-state index in [1.807, 2.05) is 6.07 Å². The first kappa shape index (κ1) is 14.2. The van der Waals surface area contributed by atoms with E-state index in [-0.39, 0.29) is 17.9 Å². The van der Waals surface area contributed by atoms with E-state index < -0.39 is 10.5 Å². The van der Waals surface area contributed by atoms with Crippen LogP contribution in [0.4, 0.5) is 11.4 Å². The number of aliphatic hydroxyl groups is 1. The summed E-state index contributed by atoms with van der Waals surface area (Å²) in [6.45, 7) is 1.13. The van der Waals surface area contributed by atoms with Crippen molar-refractivity contribution < 1.29 is 14.8 Å². The highest BCUT2D eigenvalue weighted by molar-refractivity contribution is 5.64. The second kappa shape index (κ2) is 5.86. The van der Waals surface area contributed by atoms with Crippen molar-refractivity contribution in [1.29, 1.82) is 5.26 Å². The van der Waals surface area contributed by atoms with Gasteiger partial charge in [0, 0.05) is 38.7 Å². The zero-order valence-electron chi connectivity index (χ0n) is 10.8. The van der Waals surface area contributed by atoms with Gasteiger partial charge in [0.25, 0.3) is 5.69 Å². The fourth-order valence-corrected chi connectivity index (χ4v) is 2.09.